The van der Waals surface area contributed by atoms with Gasteiger partial charge in [0.2, 0.25) is 0 Å². The lowest BCUT2D eigenvalue weighted by atomic mass is 10.1. The SMILES string of the molecule is O=C1OCC[C@@H]1N1CCc2c(Cl)cccc21.O=C1OCC[C@H]1O.O=C1OCC[C@H]1OS(=O)(=O)C(F)(F)F. The first kappa shape index (κ1) is 28.9. The molecule has 5 rings (SSSR count). The molecule has 3 atom stereocenters. The standard InChI is InChI=1S/C12H12ClNO2.C5H5F3O5S.C4H6O3/c13-9-2-1-3-10-8(9)4-6-14(10)11-5-7-16-12(11)15;6-5(7,8)14(10,11)13-3-1-2-12-4(3)9;5-3-1-2-7-4(3)6/h1-3,11H,4-7H2;3H,1-2H2;3,5H,1-2H2/t11-;2*3-/m011/s1. The van der Waals surface area contributed by atoms with Crippen molar-refractivity contribution >= 4 is 45.3 Å². The van der Waals surface area contributed by atoms with E-state index < -0.39 is 39.8 Å². The third kappa shape index (κ3) is 7.03. The third-order valence-electron chi connectivity index (χ3n) is 5.61. The Kier molecular flexibility index (Phi) is 9.26. The molecule has 1 aromatic carbocycles. The molecule has 3 saturated heterocycles. The quantitative estimate of drug-likeness (QED) is 0.243. The molecular weight excluding hydrogens is 551 g/mol. The zero-order valence-corrected chi connectivity index (χ0v) is 20.7. The minimum Gasteiger partial charge on any atom is -0.464 e. The molecule has 4 aliphatic heterocycles. The number of alkyl halides is 3. The van der Waals surface area contributed by atoms with E-state index in [0.29, 0.717) is 19.6 Å². The number of ether oxygens (including phenoxy) is 3. The Hall–Kier alpha value is -2.62. The van der Waals surface area contributed by atoms with Crippen LogP contribution in [0, 0.1) is 0 Å². The second-order valence-corrected chi connectivity index (χ2v) is 10.0. The molecule has 4 heterocycles. The number of rotatable bonds is 3. The molecule has 1 N–H and O–H groups in total. The van der Waals surface area contributed by atoms with E-state index in [-0.39, 0.29) is 25.0 Å². The number of aliphatic hydroxyl groups excluding tert-OH is 1. The first-order valence-electron chi connectivity index (χ1n) is 11.0. The lowest BCUT2D eigenvalue weighted by Crippen LogP contribution is -2.37. The predicted molar refractivity (Wildman–Crippen MR) is 119 cm³/mol. The molecule has 0 aromatic heterocycles. The number of carbonyl (C=O) groups is 3. The Bertz CT molecular complexity index is 1130. The van der Waals surface area contributed by atoms with Crippen molar-refractivity contribution in [1.29, 1.82) is 0 Å². The Balaban J connectivity index is 0.000000166. The van der Waals surface area contributed by atoms with Crippen LogP contribution in [0.15, 0.2) is 18.2 Å². The summed E-state index contributed by atoms with van der Waals surface area (Å²) in [4.78, 5) is 34.4. The van der Waals surface area contributed by atoms with Gasteiger partial charge in [-0.3, -0.25) is 0 Å². The second-order valence-electron chi connectivity index (χ2n) is 8.07. The number of anilines is 1. The van der Waals surface area contributed by atoms with Crippen molar-refractivity contribution in [2.75, 3.05) is 31.3 Å². The van der Waals surface area contributed by atoms with Crippen molar-refractivity contribution in [1.82, 2.24) is 0 Å². The monoisotopic (exact) mass is 573 g/mol. The van der Waals surface area contributed by atoms with E-state index in [9.17, 15) is 36.0 Å². The highest BCUT2D eigenvalue weighted by Gasteiger charge is 2.50. The summed E-state index contributed by atoms with van der Waals surface area (Å²) in [5.41, 5.74) is -3.27. The highest BCUT2D eigenvalue weighted by atomic mass is 35.5. The summed E-state index contributed by atoms with van der Waals surface area (Å²) in [6.45, 7) is 1.63. The normalized spacial score (nSPS) is 24.8. The Morgan fingerprint density at radius 2 is 1.59 bits per heavy atom. The van der Waals surface area contributed by atoms with Gasteiger partial charge in [0.05, 0.1) is 19.8 Å². The van der Waals surface area contributed by atoms with Crippen LogP contribution < -0.4 is 4.90 Å². The third-order valence-corrected chi connectivity index (χ3v) is 7.02. The fourth-order valence-corrected chi connectivity index (χ4v) is 4.62. The molecule has 16 heteroatoms. The Morgan fingerprint density at radius 3 is 2.08 bits per heavy atom. The van der Waals surface area contributed by atoms with Gasteiger partial charge >= 0.3 is 33.5 Å². The molecular formula is C21H23ClF3NO10S. The molecule has 3 fully saturated rings. The molecule has 11 nitrogen and oxygen atoms in total. The van der Waals surface area contributed by atoms with Crippen LogP contribution in [0.1, 0.15) is 24.8 Å². The maximum Gasteiger partial charge on any atom is 0.523 e. The Labute approximate surface area is 214 Å². The van der Waals surface area contributed by atoms with E-state index in [4.69, 9.17) is 21.4 Å². The summed E-state index contributed by atoms with van der Waals surface area (Å²) < 4.78 is 73.3. The number of hydrogen-bond donors (Lipinski definition) is 1. The number of cyclic esters (lactones) is 3. The summed E-state index contributed by atoms with van der Waals surface area (Å²) in [7, 11) is -5.71. The Morgan fingerprint density at radius 1 is 0.973 bits per heavy atom. The van der Waals surface area contributed by atoms with Gasteiger partial charge in [-0.15, -0.1) is 0 Å². The van der Waals surface area contributed by atoms with Crippen LogP contribution >= 0.6 is 11.6 Å². The number of aliphatic hydroxyl groups is 1. The van der Waals surface area contributed by atoms with Gasteiger partial charge in [-0.1, -0.05) is 17.7 Å². The maximum absolute atomic E-state index is 11.7. The number of benzene rings is 1. The fraction of sp³-hybridized carbons (Fsp3) is 0.571. The molecule has 0 unspecified atom stereocenters. The van der Waals surface area contributed by atoms with Crippen LogP contribution in [0.4, 0.5) is 18.9 Å². The van der Waals surface area contributed by atoms with Crippen LogP contribution in [0.2, 0.25) is 5.02 Å². The largest absolute Gasteiger partial charge is 0.523 e. The van der Waals surface area contributed by atoms with Gasteiger partial charge in [-0.25, -0.2) is 18.6 Å². The minimum atomic E-state index is -5.71. The second kappa shape index (κ2) is 11.8. The van der Waals surface area contributed by atoms with E-state index in [2.05, 4.69) is 18.6 Å². The van der Waals surface area contributed by atoms with Crippen molar-refractivity contribution < 1.29 is 59.5 Å². The molecule has 37 heavy (non-hydrogen) atoms. The highest BCUT2D eigenvalue weighted by molar-refractivity contribution is 7.87. The molecule has 0 aliphatic carbocycles. The minimum absolute atomic E-state index is 0.104. The molecule has 0 spiro atoms. The lowest BCUT2D eigenvalue weighted by molar-refractivity contribution is -0.145. The van der Waals surface area contributed by atoms with Crippen molar-refractivity contribution in [2.24, 2.45) is 0 Å². The van der Waals surface area contributed by atoms with Crippen molar-refractivity contribution in [2.45, 2.75) is 49.4 Å². The van der Waals surface area contributed by atoms with E-state index in [0.717, 1.165) is 35.7 Å². The first-order chi connectivity index (χ1) is 17.3. The average Bonchev–Trinajstić information content (AvgIpc) is 3.60. The number of fused-ring (bicyclic) bond motifs is 1. The molecule has 0 saturated carbocycles. The number of carbonyl (C=O) groups excluding carboxylic acids is 3. The van der Waals surface area contributed by atoms with Crippen LogP contribution in [0.25, 0.3) is 0 Å². The van der Waals surface area contributed by atoms with Crippen LogP contribution in [0.3, 0.4) is 0 Å². The van der Waals surface area contributed by atoms with Gasteiger partial charge in [0.1, 0.15) is 6.04 Å². The maximum atomic E-state index is 11.7. The van der Waals surface area contributed by atoms with Gasteiger partial charge in [0.15, 0.2) is 12.2 Å². The molecule has 206 valence electrons. The van der Waals surface area contributed by atoms with E-state index in [1.807, 2.05) is 18.2 Å². The lowest BCUT2D eigenvalue weighted by Gasteiger charge is -2.23. The van der Waals surface area contributed by atoms with Crippen LogP contribution in [-0.2, 0) is 49.3 Å². The number of hydrogen-bond acceptors (Lipinski definition) is 11. The summed E-state index contributed by atoms with van der Waals surface area (Å²) in [6, 6.07) is 5.75. The molecule has 0 amide bonds. The van der Waals surface area contributed by atoms with Crippen molar-refractivity contribution in [3.05, 3.63) is 28.8 Å². The zero-order valence-electron chi connectivity index (χ0n) is 19.1. The van der Waals surface area contributed by atoms with Gasteiger partial charge in [-0.05, 0) is 24.1 Å². The molecule has 1 aromatic rings. The summed E-state index contributed by atoms with van der Waals surface area (Å²) in [5, 5.41) is 9.32. The van der Waals surface area contributed by atoms with Crippen LogP contribution in [0.5, 0.6) is 0 Å². The van der Waals surface area contributed by atoms with E-state index in [1.54, 1.807) is 0 Å². The average molecular weight is 574 g/mol. The molecule has 0 radical (unpaired) electrons. The van der Waals surface area contributed by atoms with E-state index >= 15 is 0 Å². The summed E-state index contributed by atoms with van der Waals surface area (Å²) in [6.07, 6.45) is -0.571. The number of halogens is 4. The van der Waals surface area contributed by atoms with Gasteiger partial charge in [0, 0.05) is 36.5 Å². The van der Waals surface area contributed by atoms with Gasteiger partial charge in [-0.2, -0.15) is 21.6 Å². The topological polar surface area (TPSA) is 146 Å². The van der Waals surface area contributed by atoms with Crippen molar-refractivity contribution in [3.8, 4) is 0 Å². The highest BCUT2D eigenvalue weighted by Crippen LogP contribution is 2.36. The van der Waals surface area contributed by atoms with E-state index in [1.165, 1.54) is 0 Å². The number of nitrogens with zero attached hydrogens (tertiary/aromatic N) is 1. The van der Waals surface area contributed by atoms with Gasteiger partial charge in [0.25, 0.3) is 0 Å². The van der Waals surface area contributed by atoms with Crippen LogP contribution in [-0.4, -0.2) is 81.6 Å². The summed E-state index contributed by atoms with van der Waals surface area (Å²) >= 11 is 6.14. The number of esters is 3. The predicted octanol–water partition coefficient (Wildman–Crippen LogP) is 1.48. The van der Waals surface area contributed by atoms with Crippen molar-refractivity contribution in [3.63, 3.8) is 0 Å². The molecule has 0 bridgehead atoms. The fourth-order valence-electron chi connectivity index (χ4n) is 3.77. The smallest absolute Gasteiger partial charge is 0.464 e. The summed E-state index contributed by atoms with van der Waals surface area (Å²) in [5.74, 6) is -1.69. The zero-order chi connectivity index (χ0) is 27.4. The van der Waals surface area contributed by atoms with Gasteiger partial charge < -0.3 is 24.2 Å². The first-order valence-corrected chi connectivity index (χ1v) is 12.8. The molecule has 4 aliphatic rings.